The molecule has 3 rings (SSSR count). The summed E-state index contributed by atoms with van der Waals surface area (Å²) in [7, 11) is 3.43. The first kappa shape index (κ1) is 14.7. The molecule has 21 heavy (non-hydrogen) atoms. The zero-order chi connectivity index (χ0) is 14.9. The molecule has 2 aliphatic rings. The highest BCUT2D eigenvalue weighted by atomic mass is 16.5. The monoisotopic (exact) mass is 289 g/mol. The third-order valence-corrected chi connectivity index (χ3v) is 5.64. The van der Waals surface area contributed by atoms with Crippen molar-refractivity contribution in [2.75, 3.05) is 27.3 Å². The van der Waals surface area contributed by atoms with Gasteiger partial charge in [-0.1, -0.05) is 25.8 Å². The Labute approximate surface area is 128 Å². The van der Waals surface area contributed by atoms with Crippen molar-refractivity contribution in [3.8, 4) is 11.5 Å². The average Bonchev–Trinajstić information content (AvgIpc) is 2.94. The summed E-state index contributed by atoms with van der Waals surface area (Å²) in [6, 6.07) is 7.26. The fourth-order valence-electron chi connectivity index (χ4n) is 4.55. The van der Waals surface area contributed by atoms with Crippen LogP contribution in [0.1, 0.15) is 44.6 Å². The third-order valence-electron chi connectivity index (χ3n) is 5.64. The van der Waals surface area contributed by atoms with Gasteiger partial charge in [-0.25, -0.2) is 0 Å². The molecule has 3 heteroatoms. The maximum Gasteiger partial charge on any atom is 0.161 e. The highest BCUT2D eigenvalue weighted by Crippen LogP contribution is 2.50. The number of benzene rings is 1. The topological polar surface area (TPSA) is 21.7 Å². The molecule has 2 atom stereocenters. The molecular formula is C18H27NO2. The molecule has 0 N–H and O–H groups in total. The Morgan fingerprint density at radius 2 is 1.95 bits per heavy atom. The highest BCUT2D eigenvalue weighted by molar-refractivity contribution is 5.46. The van der Waals surface area contributed by atoms with Crippen LogP contribution in [-0.2, 0) is 5.41 Å². The molecule has 0 radical (unpaired) electrons. The molecule has 1 saturated heterocycles. The lowest BCUT2D eigenvalue weighted by Crippen LogP contribution is -2.44. The van der Waals surface area contributed by atoms with Crippen LogP contribution in [0.25, 0.3) is 0 Å². The van der Waals surface area contributed by atoms with Gasteiger partial charge >= 0.3 is 0 Å². The Morgan fingerprint density at radius 3 is 2.67 bits per heavy atom. The van der Waals surface area contributed by atoms with Crippen LogP contribution in [0.5, 0.6) is 11.5 Å². The van der Waals surface area contributed by atoms with E-state index in [0.717, 1.165) is 11.5 Å². The van der Waals surface area contributed by atoms with Gasteiger partial charge in [0.05, 0.1) is 14.2 Å². The maximum atomic E-state index is 5.53. The van der Waals surface area contributed by atoms with E-state index >= 15 is 0 Å². The van der Waals surface area contributed by atoms with E-state index < -0.39 is 0 Å². The van der Waals surface area contributed by atoms with Crippen LogP contribution < -0.4 is 9.47 Å². The molecule has 0 amide bonds. The van der Waals surface area contributed by atoms with E-state index in [-0.39, 0.29) is 0 Å². The molecule has 1 heterocycles. The first-order valence-electron chi connectivity index (χ1n) is 8.21. The van der Waals surface area contributed by atoms with Crippen molar-refractivity contribution in [3.63, 3.8) is 0 Å². The van der Waals surface area contributed by atoms with Gasteiger partial charge < -0.3 is 9.47 Å². The number of methoxy groups -OCH3 is 2. The quantitative estimate of drug-likeness (QED) is 0.845. The largest absolute Gasteiger partial charge is 0.493 e. The normalized spacial score (nSPS) is 29.2. The lowest BCUT2D eigenvalue weighted by atomic mass is 9.66. The van der Waals surface area contributed by atoms with Crippen LogP contribution in [0.4, 0.5) is 0 Å². The van der Waals surface area contributed by atoms with E-state index in [1.54, 1.807) is 14.2 Å². The van der Waals surface area contributed by atoms with Crippen molar-refractivity contribution in [3.05, 3.63) is 23.8 Å². The summed E-state index contributed by atoms with van der Waals surface area (Å²) in [4.78, 5) is 2.68. The van der Waals surface area contributed by atoms with Crippen LogP contribution in [-0.4, -0.2) is 38.3 Å². The fraction of sp³-hybridized carbons (Fsp3) is 0.667. The van der Waals surface area contributed by atoms with Crippen LogP contribution in [0.15, 0.2) is 18.2 Å². The molecule has 116 valence electrons. The Balaban J connectivity index is 2.00. The van der Waals surface area contributed by atoms with Gasteiger partial charge in [0.1, 0.15) is 0 Å². The molecule has 1 aromatic carbocycles. The Kier molecular flexibility index (Phi) is 4.12. The lowest BCUT2D eigenvalue weighted by molar-refractivity contribution is 0.162. The molecule has 0 bridgehead atoms. The van der Waals surface area contributed by atoms with Crippen LogP contribution >= 0.6 is 0 Å². The number of fused-ring (bicyclic) bond motifs is 1. The minimum Gasteiger partial charge on any atom is -0.493 e. The molecule has 3 nitrogen and oxygen atoms in total. The van der Waals surface area contributed by atoms with E-state index in [0.29, 0.717) is 11.5 Å². The van der Waals surface area contributed by atoms with Gasteiger partial charge in [-0.15, -0.1) is 0 Å². The van der Waals surface area contributed by atoms with E-state index in [1.165, 1.54) is 50.8 Å². The summed E-state index contributed by atoms with van der Waals surface area (Å²) in [5.74, 6) is 1.69. The van der Waals surface area contributed by atoms with Crippen molar-refractivity contribution in [1.29, 1.82) is 0 Å². The van der Waals surface area contributed by atoms with E-state index in [9.17, 15) is 0 Å². The first-order valence-corrected chi connectivity index (χ1v) is 8.21. The minimum absolute atomic E-state index is 0.327. The van der Waals surface area contributed by atoms with Gasteiger partial charge in [-0.2, -0.15) is 0 Å². The molecule has 0 spiro atoms. The summed E-state index contributed by atoms with van der Waals surface area (Å²) < 4.78 is 10.9. The average molecular weight is 289 g/mol. The van der Waals surface area contributed by atoms with Gasteiger partial charge in [0.15, 0.2) is 11.5 Å². The zero-order valence-corrected chi connectivity index (χ0v) is 13.5. The second kappa shape index (κ2) is 5.88. The number of nitrogens with zero attached hydrogens (tertiary/aromatic N) is 1. The Hall–Kier alpha value is -1.22. The van der Waals surface area contributed by atoms with Crippen molar-refractivity contribution < 1.29 is 9.47 Å². The fourth-order valence-corrected chi connectivity index (χ4v) is 4.55. The van der Waals surface area contributed by atoms with Crippen LogP contribution in [0.2, 0.25) is 0 Å². The number of likely N-dealkylation sites (tertiary alicyclic amines) is 1. The van der Waals surface area contributed by atoms with Crippen molar-refractivity contribution in [2.24, 2.45) is 0 Å². The second-order valence-electron chi connectivity index (χ2n) is 6.37. The van der Waals surface area contributed by atoms with E-state index in [2.05, 4.69) is 30.0 Å². The summed E-state index contributed by atoms with van der Waals surface area (Å²) in [5, 5.41) is 0. The molecule has 0 aromatic heterocycles. The first-order chi connectivity index (χ1) is 10.2. The van der Waals surface area contributed by atoms with Gasteiger partial charge in [0, 0.05) is 11.5 Å². The summed E-state index contributed by atoms with van der Waals surface area (Å²) in [6.07, 6.45) is 6.64. The number of hydrogen-bond acceptors (Lipinski definition) is 3. The predicted molar refractivity (Wildman–Crippen MR) is 85.3 cm³/mol. The molecule has 1 aliphatic heterocycles. The van der Waals surface area contributed by atoms with Gasteiger partial charge in [-0.3, -0.25) is 4.90 Å². The molecule has 1 aromatic rings. The number of likely N-dealkylation sites (N-methyl/N-ethyl adjacent to an activating group) is 1. The summed E-state index contributed by atoms with van der Waals surface area (Å²) in [6.45, 7) is 4.69. The Morgan fingerprint density at radius 1 is 1.14 bits per heavy atom. The van der Waals surface area contributed by atoms with Crippen LogP contribution in [0, 0.1) is 0 Å². The minimum atomic E-state index is 0.327. The van der Waals surface area contributed by atoms with Crippen molar-refractivity contribution in [2.45, 2.75) is 50.5 Å². The number of rotatable bonds is 4. The van der Waals surface area contributed by atoms with Crippen molar-refractivity contribution >= 4 is 0 Å². The van der Waals surface area contributed by atoms with Gasteiger partial charge in [-0.05, 0) is 50.0 Å². The smallest absolute Gasteiger partial charge is 0.161 e. The molecular weight excluding hydrogens is 262 g/mol. The SMILES string of the molecule is CCN1CC[C@]2(c3ccc(OC)c(OC)c3)CCCCC12. The van der Waals surface area contributed by atoms with Crippen LogP contribution in [0.3, 0.4) is 0 Å². The second-order valence-corrected chi connectivity index (χ2v) is 6.37. The maximum absolute atomic E-state index is 5.53. The highest BCUT2D eigenvalue weighted by Gasteiger charge is 2.48. The predicted octanol–water partition coefficient (Wildman–Crippen LogP) is 3.61. The van der Waals surface area contributed by atoms with Gasteiger partial charge in [0.25, 0.3) is 0 Å². The lowest BCUT2D eigenvalue weighted by Gasteiger charge is -2.42. The molecule has 1 saturated carbocycles. The van der Waals surface area contributed by atoms with E-state index in [1.807, 2.05) is 0 Å². The standard InChI is InChI=1S/C18H27NO2/c1-4-19-12-11-18(10-6-5-7-17(18)19)14-8-9-15(20-2)16(13-14)21-3/h8-9,13,17H,4-7,10-12H2,1-3H3/t17?,18-/m0/s1. The van der Waals surface area contributed by atoms with Gasteiger partial charge in [0.2, 0.25) is 0 Å². The number of hydrogen-bond donors (Lipinski definition) is 0. The summed E-state index contributed by atoms with van der Waals surface area (Å²) >= 11 is 0. The molecule has 1 aliphatic carbocycles. The zero-order valence-electron chi connectivity index (χ0n) is 13.5. The third kappa shape index (κ3) is 2.32. The van der Waals surface area contributed by atoms with Crippen molar-refractivity contribution in [1.82, 2.24) is 4.90 Å². The molecule has 2 fully saturated rings. The van der Waals surface area contributed by atoms with E-state index in [4.69, 9.17) is 9.47 Å². The Bertz CT molecular complexity index is 502. The summed E-state index contributed by atoms with van der Waals surface area (Å²) in [5.41, 5.74) is 1.77. The molecule has 1 unspecified atom stereocenters. The number of ether oxygens (including phenoxy) is 2.